The first kappa shape index (κ1) is 22.7. The largest absolute Gasteiger partial charge is 0.494 e. The smallest absolute Gasteiger partial charge is 0.251 e. The van der Waals surface area contributed by atoms with Gasteiger partial charge in [0.05, 0.1) is 19.0 Å². The predicted molar refractivity (Wildman–Crippen MR) is 128 cm³/mol. The highest BCUT2D eigenvalue weighted by molar-refractivity contribution is 5.96. The Balaban J connectivity index is 1.42. The zero-order valence-electron chi connectivity index (χ0n) is 19.2. The lowest BCUT2D eigenvalue weighted by molar-refractivity contribution is 0.0939. The monoisotopic (exact) mass is 478 g/mol. The Hall–Kier alpha value is -4.05. The summed E-state index contributed by atoms with van der Waals surface area (Å²) in [5, 5.41) is 9.50. The molecule has 35 heavy (non-hydrogen) atoms. The van der Waals surface area contributed by atoms with Crippen LogP contribution in [0.25, 0.3) is 16.9 Å². The fourth-order valence-electron chi connectivity index (χ4n) is 4.27. The number of carbonyl (C=O) groups is 1. The second-order valence-electron chi connectivity index (χ2n) is 8.37. The number of anilines is 2. The van der Waals surface area contributed by atoms with Gasteiger partial charge >= 0.3 is 0 Å². The molecule has 180 valence electrons. The third-order valence-corrected chi connectivity index (χ3v) is 6.10. The lowest BCUT2D eigenvalue weighted by Crippen LogP contribution is -2.36. The summed E-state index contributed by atoms with van der Waals surface area (Å²) >= 11 is 0. The first-order chi connectivity index (χ1) is 17.0. The van der Waals surface area contributed by atoms with Crippen molar-refractivity contribution in [3.05, 3.63) is 71.7 Å². The topological polar surface area (TPSA) is 92.6 Å². The molecule has 0 aliphatic carbocycles. The average Bonchev–Trinajstić information content (AvgIpc) is 3.51. The molecule has 2 aromatic heterocycles. The Labute approximate surface area is 200 Å². The Morgan fingerprint density at radius 3 is 2.80 bits per heavy atom. The Morgan fingerprint density at radius 1 is 1.20 bits per heavy atom. The van der Waals surface area contributed by atoms with Gasteiger partial charge in [0, 0.05) is 41.8 Å². The summed E-state index contributed by atoms with van der Waals surface area (Å²) in [6.45, 7) is 3.55. The number of hydrogen-bond acceptors (Lipinski definition) is 6. The van der Waals surface area contributed by atoms with Gasteiger partial charge in [-0.05, 0) is 55.8 Å². The summed E-state index contributed by atoms with van der Waals surface area (Å²) in [6, 6.07) is 8.38. The van der Waals surface area contributed by atoms with E-state index in [2.05, 4.69) is 25.9 Å². The first-order valence-corrected chi connectivity index (χ1v) is 11.2. The first-order valence-electron chi connectivity index (χ1n) is 11.2. The molecule has 3 heterocycles. The zero-order chi connectivity index (χ0) is 24.5. The van der Waals surface area contributed by atoms with Crippen molar-refractivity contribution < 1.29 is 18.3 Å². The number of aromatic nitrogens is 3. The molecule has 10 heteroatoms. The molecule has 1 saturated heterocycles. The van der Waals surface area contributed by atoms with Crippen LogP contribution in [0.4, 0.5) is 20.3 Å². The molecule has 1 aliphatic rings. The standard InChI is InChI=1S/C25H24F2N6O2/c1-14-11-15(3-4-17(14)25(34)32-16-7-8-28-12-16)31-23-24-30-13-19(33(24)10-9-29-23)18-5-6-20(35-2)22(27)21(18)26/h3-6,9-11,13,16,28H,7-8,12H2,1-2H3,(H,29,31)(H,32,34)/t16-/m1/s1. The molecule has 0 saturated carbocycles. The molecule has 0 spiro atoms. The number of rotatable bonds is 6. The number of amides is 1. The average molecular weight is 479 g/mol. The van der Waals surface area contributed by atoms with E-state index < -0.39 is 11.6 Å². The van der Waals surface area contributed by atoms with Crippen molar-refractivity contribution in [3.8, 4) is 17.0 Å². The summed E-state index contributed by atoms with van der Waals surface area (Å²) in [7, 11) is 1.28. The highest BCUT2D eigenvalue weighted by atomic mass is 19.2. The second-order valence-corrected chi connectivity index (χ2v) is 8.37. The molecule has 2 aromatic carbocycles. The van der Waals surface area contributed by atoms with Crippen LogP contribution in [0.3, 0.4) is 0 Å². The molecule has 0 radical (unpaired) electrons. The maximum Gasteiger partial charge on any atom is 0.251 e. The number of halogens is 2. The molecule has 1 atom stereocenters. The molecule has 5 rings (SSSR count). The normalized spacial score (nSPS) is 15.4. The molecule has 0 unspecified atom stereocenters. The number of imidazole rings is 1. The van der Waals surface area contributed by atoms with E-state index in [4.69, 9.17) is 4.74 Å². The van der Waals surface area contributed by atoms with E-state index in [1.165, 1.54) is 25.4 Å². The summed E-state index contributed by atoms with van der Waals surface area (Å²) in [5.41, 5.74) is 2.99. The molecule has 4 aromatic rings. The summed E-state index contributed by atoms with van der Waals surface area (Å²) in [4.78, 5) is 21.4. The van der Waals surface area contributed by atoms with Gasteiger partial charge in [0.15, 0.2) is 23.0 Å². The molecule has 1 amide bonds. The molecule has 3 N–H and O–H groups in total. The molecule has 8 nitrogen and oxygen atoms in total. The second kappa shape index (κ2) is 9.30. The molecule has 0 bridgehead atoms. The van der Waals surface area contributed by atoms with Crippen LogP contribution in [0.15, 0.2) is 48.9 Å². The number of methoxy groups -OCH3 is 1. The minimum Gasteiger partial charge on any atom is -0.494 e. The van der Waals surface area contributed by atoms with Crippen molar-refractivity contribution >= 4 is 23.1 Å². The quantitative estimate of drug-likeness (QED) is 0.390. The van der Waals surface area contributed by atoms with E-state index in [1.807, 2.05) is 13.0 Å². The van der Waals surface area contributed by atoms with E-state index in [1.54, 1.807) is 28.9 Å². The Morgan fingerprint density at radius 2 is 2.06 bits per heavy atom. The van der Waals surface area contributed by atoms with Crippen LogP contribution in [-0.4, -0.2) is 46.5 Å². The van der Waals surface area contributed by atoms with Crippen LogP contribution in [0, 0.1) is 18.6 Å². The number of benzene rings is 2. The molecule has 1 fully saturated rings. The van der Waals surface area contributed by atoms with Crippen molar-refractivity contribution in [2.24, 2.45) is 0 Å². The zero-order valence-corrected chi connectivity index (χ0v) is 19.2. The van der Waals surface area contributed by atoms with Crippen molar-refractivity contribution in [1.29, 1.82) is 0 Å². The summed E-state index contributed by atoms with van der Waals surface area (Å²) in [5.74, 6) is -1.92. The van der Waals surface area contributed by atoms with Gasteiger partial charge < -0.3 is 20.7 Å². The van der Waals surface area contributed by atoms with Crippen molar-refractivity contribution in [1.82, 2.24) is 25.0 Å². The third-order valence-electron chi connectivity index (χ3n) is 6.10. The van der Waals surface area contributed by atoms with Gasteiger partial charge in [-0.1, -0.05) is 0 Å². The minimum absolute atomic E-state index is 0.0524. The lowest BCUT2D eigenvalue weighted by Gasteiger charge is -2.14. The summed E-state index contributed by atoms with van der Waals surface area (Å²) < 4.78 is 35.5. The Kier molecular flexibility index (Phi) is 6.04. The van der Waals surface area contributed by atoms with Gasteiger partial charge in [0.1, 0.15) is 0 Å². The van der Waals surface area contributed by atoms with Crippen molar-refractivity contribution in [2.75, 3.05) is 25.5 Å². The fraction of sp³-hybridized carbons (Fsp3) is 0.240. The lowest BCUT2D eigenvalue weighted by atomic mass is 10.1. The van der Waals surface area contributed by atoms with Crippen LogP contribution in [-0.2, 0) is 0 Å². The number of carbonyl (C=O) groups excluding carboxylic acids is 1. The number of ether oxygens (including phenoxy) is 1. The van der Waals surface area contributed by atoms with Gasteiger partial charge in [-0.25, -0.2) is 14.4 Å². The number of aryl methyl sites for hydroxylation is 1. The predicted octanol–water partition coefficient (Wildman–Crippen LogP) is 3.83. The number of fused-ring (bicyclic) bond motifs is 1. The third kappa shape index (κ3) is 4.28. The van der Waals surface area contributed by atoms with Crippen molar-refractivity contribution in [3.63, 3.8) is 0 Å². The van der Waals surface area contributed by atoms with Crippen LogP contribution in [0.5, 0.6) is 5.75 Å². The highest BCUT2D eigenvalue weighted by Crippen LogP contribution is 2.31. The van der Waals surface area contributed by atoms with E-state index in [-0.39, 0.29) is 23.3 Å². The minimum atomic E-state index is -1.06. The SMILES string of the molecule is COc1ccc(-c2cnc3c(Nc4ccc(C(=O)N[C@@H]5CCNC5)c(C)c4)nccn23)c(F)c1F. The highest BCUT2D eigenvalue weighted by Gasteiger charge is 2.20. The van der Waals surface area contributed by atoms with E-state index in [0.29, 0.717) is 28.4 Å². The van der Waals surface area contributed by atoms with Crippen LogP contribution in [0.2, 0.25) is 0 Å². The molecule has 1 aliphatic heterocycles. The van der Waals surface area contributed by atoms with Gasteiger partial charge in [0.2, 0.25) is 5.82 Å². The van der Waals surface area contributed by atoms with Gasteiger partial charge in [-0.2, -0.15) is 4.39 Å². The Bertz CT molecular complexity index is 1410. The molecular formula is C25H24F2N6O2. The van der Waals surface area contributed by atoms with E-state index >= 15 is 0 Å². The van der Waals surface area contributed by atoms with Gasteiger partial charge in [-0.3, -0.25) is 9.20 Å². The van der Waals surface area contributed by atoms with Crippen molar-refractivity contribution in [2.45, 2.75) is 19.4 Å². The maximum absolute atomic E-state index is 14.7. The number of nitrogens with zero attached hydrogens (tertiary/aromatic N) is 3. The fourth-order valence-corrected chi connectivity index (χ4v) is 4.27. The van der Waals surface area contributed by atoms with E-state index in [9.17, 15) is 13.6 Å². The van der Waals surface area contributed by atoms with Gasteiger partial charge in [0.25, 0.3) is 5.91 Å². The van der Waals surface area contributed by atoms with E-state index in [0.717, 1.165) is 25.1 Å². The number of nitrogens with one attached hydrogen (secondary N) is 3. The van der Waals surface area contributed by atoms with Gasteiger partial charge in [-0.15, -0.1) is 0 Å². The summed E-state index contributed by atoms with van der Waals surface area (Å²) in [6.07, 6.45) is 5.55. The van der Waals surface area contributed by atoms with Crippen LogP contribution >= 0.6 is 0 Å². The maximum atomic E-state index is 14.7. The number of hydrogen-bond donors (Lipinski definition) is 3. The van der Waals surface area contributed by atoms with Crippen LogP contribution in [0.1, 0.15) is 22.3 Å². The van der Waals surface area contributed by atoms with Crippen LogP contribution < -0.4 is 20.7 Å². The molecular weight excluding hydrogens is 454 g/mol.